The second-order valence-electron chi connectivity index (χ2n) is 8.93. The van der Waals surface area contributed by atoms with Gasteiger partial charge < -0.3 is 18.9 Å². The lowest BCUT2D eigenvalue weighted by Crippen LogP contribution is -2.24. The van der Waals surface area contributed by atoms with E-state index in [9.17, 15) is 18.1 Å². The normalized spacial score (nSPS) is 16.9. The average molecular weight is 487 g/mol. The van der Waals surface area contributed by atoms with Crippen molar-refractivity contribution in [2.45, 2.75) is 32.0 Å². The smallest absolute Gasteiger partial charge is 0.352 e. The van der Waals surface area contributed by atoms with Gasteiger partial charge in [0.25, 0.3) is 0 Å². The molecule has 5 rings (SSSR count). The largest absolute Gasteiger partial charge is 0.473 e. The van der Waals surface area contributed by atoms with Crippen LogP contribution in [-0.4, -0.2) is 35.5 Å². The molecule has 0 spiro atoms. The highest BCUT2D eigenvalue weighted by Crippen LogP contribution is 2.40. The Hall–Kier alpha value is -3.19. The van der Waals surface area contributed by atoms with Crippen LogP contribution in [0.5, 0.6) is 17.4 Å². The summed E-state index contributed by atoms with van der Waals surface area (Å²) in [7, 11) is -2.72. The highest BCUT2D eigenvalue weighted by molar-refractivity contribution is 7.70. The van der Waals surface area contributed by atoms with Crippen molar-refractivity contribution in [3.05, 3.63) is 70.1 Å². The third-order valence-corrected chi connectivity index (χ3v) is 7.66. The number of benzene rings is 2. The van der Waals surface area contributed by atoms with Gasteiger partial charge in [-0.25, -0.2) is 13.6 Å². The molecule has 1 saturated heterocycles. The van der Waals surface area contributed by atoms with Gasteiger partial charge in [-0.05, 0) is 56.0 Å². The van der Waals surface area contributed by atoms with E-state index in [1.807, 2.05) is 0 Å². The maximum Gasteiger partial charge on any atom is 0.352 e. The van der Waals surface area contributed by atoms with Gasteiger partial charge >= 0.3 is 5.69 Å². The van der Waals surface area contributed by atoms with E-state index in [1.165, 1.54) is 6.07 Å². The van der Waals surface area contributed by atoms with Crippen molar-refractivity contribution in [3.63, 3.8) is 0 Å². The first-order valence-electron chi connectivity index (χ1n) is 11.0. The van der Waals surface area contributed by atoms with Crippen LogP contribution in [0.2, 0.25) is 0 Å². The van der Waals surface area contributed by atoms with Crippen molar-refractivity contribution in [1.29, 1.82) is 0 Å². The molecule has 2 aliphatic heterocycles. The first-order valence-corrected chi connectivity index (χ1v) is 13.6. The van der Waals surface area contributed by atoms with Crippen LogP contribution in [0.4, 0.5) is 14.6 Å². The molecule has 178 valence electrons. The summed E-state index contributed by atoms with van der Waals surface area (Å²) in [5.74, 6) is -1.41. The highest BCUT2D eigenvalue weighted by Gasteiger charge is 2.34. The molecular formula is C24H24F2N3O4P. The van der Waals surface area contributed by atoms with Gasteiger partial charge in [0.2, 0.25) is 5.88 Å². The van der Waals surface area contributed by atoms with Crippen molar-refractivity contribution in [1.82, 2.24) is 9.55 Å². The first-order chi connectivity index (χ1) is 16.2. The van der Waals surface area contributed by atoms with E-state index in [-0.39, 0.29) is 23.8 Å². The molecule has 0 bridgehead atoms. The molecular weight excluding hydrogens is 463 g/mol. The zero-order chi connectivity index (χ0) is 24.0. The van der Waals surface area contributed by atoms with Gasteiger partial charge in [0.05, 0.1) is 5.30 Å². The second kappa shape index (κ2) is 8.55. The van der Waals surface area contributed by atoms with Crippen molar-refractivity contribution in [3.8, 4) is 17.4 Å². The van der Waals surface area contributed by atoms with Crippen molar-refractivity contribution in [2.75, 3.05) is 24.8 Å². The van der Waals surface area contributed by atoms with Gasteiger partial charge in [0.1, 0.15) is 25.3 Å². The molecule has 0 N–H and O–H groups in total. The Balaban J connectivity index is 1.35. The van der Waals surface area contributed by atoms with Crippen molar-refractivity contribution < 1.29 is 22.8 Å². The Labute approximate surface area is 195 Å². The van der Waals surface area contributed by atoms with Gasteiger partial charge in [-0.2, -0.15) is 4.98 Å². The lowest BCUT2D eigenvalue weighted by molar-refractivity contribution is 0.289. The minimum Gasteiger partial charge on any atom is -0.473 e. The van der Waals surface area contributed by atoms with Gasteiger partial charge in [-0.3, -0.25) is 4.57 Å². The van der Waals surface area contributed by atoms with Crippen LogP contribution in [0.15, 0.2) is 47.3 Å². The van der Waals surface area contributed by atoms with Crippen molar-refractivity contribution >= 4 is 18.3 Å². The zero-order valence-electron chi connectivity index (χ0n) is 18.8. The molecule has 10 heteroatoms. The van der Waals surface area contributed by atoms with Crippen LogP contribution in [0.25, 0.3) is 0 Å². The molecule has 34 heavy (non-hydrogen) atoms. The van der Waals surface area contributed by atoms with Crippen LogP contribution < -0.4 is 25.4 Å². The molecule has 2 aromatic carbocycles. The molecule has 7 nitrogen and oxygen atoms in total. The number of halogens is 2. The fourth-order valence-electron chi connectivity index (χ4n) is 4.54. The number of nitrogens with zero attached hydrogens (tertiary/aromatic N) is 3. The molecule has 0 unspecified atom stereocenters. The van der Waals surface area contributed by atoms with Gasteiger partial charge in [0.15, 0.2) is 17.4 Å². The molecule has 1 aromatic heterocycles. The number of fused-ring (bicyclic) bond motifs is 3. The number of rotatable bonds is 6. The topological polar surface area (TPSA) is 73.7 Å². The number of ether oxygens (including phenoxy) is 2. The Bertz CT molecular complexity index is 1350. The van der Waals surface area contributed by atoms with E-state index in [0.717, 1.165) is 37.3 Å². The number of aromatic nitrogens is 2. The SMILES string of the molecule is CP(C)(=O)c1ccccc1Oc1c(F)cc(COc2cc3n(c(=O)n2)C[C@H]2CCCN32)cc1F. The Morgan fingerprint density at radius 2 is 1.88 bits per heavy atom. The van der Waals surface area contributed by atoms with Crippen LogP contribution >= 0.6 is 7.14 Å². The van der Waals surface area contributed by atoms with Crippen LogP contribution in [0.1, 0.15) is 18.4 Å². The standard InChI is InChI=1S/C24H24F2N3O4P/c1-34(2,31)20-8-4-3-7-19(20)33-23-17(25)10-15(11-18(23)26)14-32-21-12-22-28-9-5-6-16(28)13-29(22)24(30)27-21/h3-4,7-8,10-12,16H,5-6,9,13-14H2,1-2H3/t16-/m1/s1. The highest BCUT2D eigenvalue weighted by atomic mass is 31.2. The van der Waals surface area contributed by atoms with E-state index >= 15 is 0 Å². The number of anilines is 1. The summed E-state index contributed by atoms with van der Waals surface area (Å²) in [5.41, 5.74) is -0.181. The molecule has 3 heterocycles. The summed E-state index contributed by atoms with van der Waals surface area (Å²) in [6.45, 7) is 4.44. The van der Waals surface area contributed by atoms with Gasteiger partial charge in [0, 0.05) is 25.2 Å². The predicted octanol–water partition coefficient (Wildman–Crippen LogP) is 4.12. The Morgan fingerprint density at radius 3 is 2.62 bits per heavy atom. The first kappa shape index (κ1) is 22.6. The molecule has 3 aromatic rings. The third kappa shape index (κ3) is 4.20. The molecule has 0 saturated carbocycles. The van der Waals surface area contributed by atoms with Crippen molar-refractivity contribution in [2.24, 2.45) is 0 Å². The zero-order valence-corrected chi connectivity index (χ0v) is 19.7. The summed E-state index contributed by atoms with van der Waals surface area (Å²) in [4.78, 5) is 18.5. The summed E-state index contributed by atoms with van der Waals surface area (Å²) >= 11 is 0. The van der Waals surface area contributed by atoms with Crippen LogP contribution in [-0.2, 0) is 17.7 Å². The summed E-state index contributed by atoms with van der Waals surface area (Å²) in [5, 5.41) is 0.399. The maximum atomic E-state index is 14.8. The Kier molecular flexibility index (Phi) is 5.68. The number of hydrogen-bond acceptors (Lipinski definition) is 6. The fraction of sp³-hybridized carbons (Fsp3) is 0.333. The predicted molar refractivity (Wildman–Crippen MR) is 125 cm³/mol. The lowest BCUT2D eigenvalue weighted by Gasteiger charge is -2.17. The molecule has 0 radical (unpaired) electrons. The number of hydrogen-bond donors (Lipinski definition) is 0. The van der Waals surface area contributed by atoms with Gasteiger partial charge in [-0.1, -0.05) is 12.1 Å². The maximum absolute atomic E-state index is 14.8. The van der Waals surface area contributed by atoms with E-state index in [0.29, 0.717) is 17.9 Å². The molecule has 0 aliphatic carbocycles. The monoisotopic (exact) mass is 487 g/mol. The Morgan fingerprint density at radius 1 is 1.15 bits per heavy atom. The summed E-state index contributed by atoms with van der Waals surface area (Å²) in [6, 6.07) is 10.7. The molecule has 1 atom stereocenters. The molecule has 2 aliphatic rings. The van der Waals surface area contributed by atoms with E-state index in [4.69, 9.17) is 9.47 Å². The minimum absolute atomic E-state index is 0.112. The lowest BCUT2D eigenvalue weighted by atomic mass is 10.2. The summed E-state index contributed by atoms with van der Waals surface area (Å²) < 4.78 is 54.8. The second-order valence-corrected chi connectivity index (χ2v) is 12.1. The minimum atomic E-state index is -2.72. The van der Waals surface area contributed by atoms with E-state index in [2.05, 4.69) is 9.88 Å². The third-order valence-electron chi connectivity index (χ3n) is 6.13. The quantitative estimate of drug-likeness (QED) is 0.487. The number of para-hydroxylation sites is 1. The van der Waals surface area contributed by atoms with E-state index < -0.39 is 30.2 Å². The molecule has 0 amide bonds. The van der Waals surface area contributed by atoms with E-state index in [1.54, 1.807) is 42.2 Å². The molecule has 1 fully saturated rings. The van der Waals surface area contributed by atoms with Crippen LogP contribution in [0, 0.1) is 11.6 Å². The summed E-state index contributed by atoms with van der Waals surface area (Å²) in [6.07, 6.45) is 2.10. The van der Waals surface area contributed by atoms with Gasteiger partial charge in [-0.15, -0.1) is 0 Å². The fourth-order valence-corrected chi connectivity index (χ4v) is 5.64. The van der Waals surface area contributed by atoms with Crippen LogP contribution in [0.3, 0.4) is 0 Å². The average Bonchev–Trinajstić information content (AvgIpc) is 3.37.